The van der Waals surface area contributed by atoms with Gasteiger partial charge in [0.15, 0.2) is 17.4 Å². The Morgan fingerprint density at radius 1 is 1.21 bits per heavy atom. The van der Waals surface area contributed by atoms with Crippen LogP contribution >= 0.6 is 0 Å². The molecule has 0 spiro atoms. The van der Waals surface area contributed by atoms with E-state index in [1.165, 1.54) is 30.6 Å². The number of aromatic nitrogens is 4. The third-order valence-corrected chi connectivity index (χ3v) is 5.72. The third kappa shape index (κ3) is 3.91. The standard InChI is InChI=1S/C23H18F4N4O2/c24-18-19(12-4-3-7-33-11-12)29-10-17-20(18)31-22(30-17)16-8-13(9-28-16)21(32)14-5-1-2-6-15(14)23(25,26)27/h1-2,5-6,8-10,12,28H,3-4,7,11H2,(H,30,31). The van der Waals surface area contributed by atoms with Crippen LogP contribution in [0.25, 0.3) is 22.6 Å². The molecule has 1 aliphatic heterocycles. The second-order valence-electron chi connectivity index (χ2n) is 7.89. The molecule has 5 rings (SSSR count). The minimum Gasteiger partial charge on any atom is -0.381 e. The number of ether oxygens (including phenoxy) is 1. The number of halogens is 4. The zero-order valence-corrected chi connectivity index (χ0v) is 17.2. The molecular weight excluding hydrogens is 440 g/mol. The quantitative estimate of drug-likeness (QED) is 0.324. The topological polar surface area (TPSA) is 83.7 Å². The van der Waals surface area contributed by atoms with Crippen molar-refractivity contribution in [1.82, 2.24) is 19.9 Å². The highest BCUT2D eigenvalue weighted by Crippen LogP contribution is 2.34. The molecular formula is C23H18F4N4O2. The first-order valence-electron chi connectivity index (χ1n) is 10.3. The Hall–Kier alpha value is -3.53. The van der Waals surface area contributed by atoms with Crippen molar-refractivity contribution in [3.63, 3.8) is 0 Å². The van der Waals surface area contributed by atoms with Crippen LogP contribution in [0.15, 0.2) is 42.7 Å². The minimum atomic E-state index is -4.66. The Morgan fingerprint density at radius 2 is 2.03 bits per heavy atom. The van der Waals surface area contributed by atoms with Crippen molar-refractivity contribution < 1.29 is 27.1 Å². The van der Waals surface area contributed by atoms with E-state index in [0.29, 0.717) is 30.1 Å². The highest BCUT2D eigenvalue weighted by atomic mass is 19.4. The number of rotatable bonds is 4. The molecule has 0 radical (unpaired) electrons. The van der Waals surface area contributed by atoms with Gasteiger partial charge in [-0.05, 0) is 25.0 Å². The van der Waals surface area contributed by atoms with Crippen LogP contribution in [0.4, 0.5) is 17.6 Å². The van der Waals surface area contributed by atoms with Crippen LogP contribution < -0.4 is 0 Å². The molecule has 1 unspecified atom stereocenters. The average molecular weight is 458 g/mol. The van der Waals surface area contributed by atoms with Crippen LogP contribution in [0.5, 0.6) is 0 Å². The predicted molar refractivity (Wildman–Crippen MR) is 111 cm³/mol. The summed E-state index contributed by atoms with van der Waals surface area (Å²) < 4.78 is 60.4. The zero-order chi connectivity index (χ0) is 23.2. The smallest absolute Gasteiger partial charge is 0.381 e. The van der Waals surface area contributed by atoms with E-state index in [2.05, 4.69) is 19.9 Å². The molecule has 0 aliphatic carbocycles. The maximum absolute atomic E-state index is 15.1. The van der Waals surface area contributed by atoms with E-state index in [1.54, 1.807) is 0 Å². The lowest BCUT2D eigenvalue weighted by atomic mass is 9.97. The van der Waals surface area contributed by atoms with Gasteiger partial charge >= 0.3 is 6.18 Å². The Balaban J connectivity index is 1.47. The van der Waals surface area contributed by atoms with Crippen LogP contribution in [0.3, 0.4) is 0 Å². The van der Waals surface area contributed by atoms with Crippen LogP contribution in [-0.4, -0.2) is 38.9 Å². The summed E-state index contributed by atoms with van der Waals surface area (Å²) in [5.41, 5.74) is -0.324. The average Bonchev–Trinajstić information content (AvgIpc) is 3.47. The predicted octanol–water partition coefficient (Wildman–Crippen LogP) is 5.24. The van der Waals surface area contributed by atoms with Crippen molar-refractivity contribution in [3.05, 3.63) is 70.9 Å². The van der Waals surface area contributed by atoms with E-state index < -0.39 is 28.9 Å². The number of nitrogens with one attached hydrogen (secondary N) is 2. The summed E-state index contributed by atoms with van der Waals surface area (Å²) in [5, 5.41) is 0. The lowest BCUT2D eigenvalue weighted by Crippen LogP contribution is -2.17. The van der Waals surface area contributed by atoms with E-state index in [4.69, 9.17) is 4.74 Å². The number of fused-ring (bicyclic) bond motifs is 1. The molecule has 6 nitrogen and oxygen atoms in total. The van der Waals surface area contributed by atoms with Gasteiger partial charge < -0.3 is 14.7 Å². The fraction of sp³-hybridized carbons (Fsp3) is 0.261. The van der Waals surface area contributed by atoms with Gasteiger partial charge in [-0.25, -0.2) is 9.37 Å². The van der Waals surface area contributed by atoms with Crippen LogP contribution in [0.2, 0.25) is 0 Å². The molecule has 1 atom stereocenters. The van der Waals surface area contributed by atoms with Crippen LogP contribution in [0.1, 0.15) is 45.9 Å². The molecule has 1 saturated heterocycles. The zero-order valence-electron chi connectivity index (χ0n) is 17.2. The van der Waals surface area contributed by atoms with Crippen molar-refractivity contribution in [2.75, 3.05) is 13.2 Å². The number of hydrogen-bond donors (Lipinski definition) is 2. The fourth-order valence-corrected chi connectivity index (χ4v) is 4.07. The number of aromatic amines is 2. The number of hydrogen-bond acceptors (Lipinski definition) is 4. The molecule has 3 aromatic heterocycles. The van der Waals surface area contributed by atoms with Crippen LogP contribution in [0, 0.1) is 5.82 Å². The summed E-state index contributed by atoms with van der Waals surface area (Å²) in [5.74, 6) is -1.22. The van der Waals surface area contributed by atoms with Gasteiger partial charge in [0.1, 0.15) is 5.52 Å². The van der Waals surface area contributed by atoms with Crippen molar-refractivity contribution in [2.45, 2.75) is 24.9 Å². The van der Waals surface area contributed by atoms with Gasteiger partial charge in [-0.2, -0.15) is 13.2 Å². The highest BCUT2D eigenvalue weighted by molar-refractivity contribution is 6.10. The number of nitrogens with zero attached hydrogens (tertiary/aromatic N) is 2. The minimum absolute atomic E-state index is 0.0285. The number of ketones is 1. The Kier molecular flexibility index (Phi) is 5.24. The van der Waals surface area contributed by atoms with Gasteiger partial charge in [-0.15, -0.1) is 0 Å². The number of carbonyl (C=O) groups is 1. The third-order valence-electron chi connectivity index (χ3n) is 5.72. The van der Waals surface area contributed by atoms with E-state index in [-0.39, 0.29) is 22.8 Å². The first kappa shape index (κ1) is 21.3. The molecule has 1 aromatic carbocycles. The number of alkyl halides is 3. The molecule has 4 aromatic rings. The number of imidazole rings is 1. The Morgan fingerprint density at radius 3 is 2.79 bits per heavy atom. The normalized spacial score (nSPS) is 16.9. The number of H-pyrrole nitrogens is 2. The first-order valence-corrected chi connectivity index (χ1v) is 10.3. The molecule has 4 heterocycles. The summed E-state index contributed by atoms with van der Waals surface area (Å²) >= 11 is 0. The van der Waals surface area contributed by atoms with E-state index in [1.807, 2.05) is 0 Å². The summed E-state index contributed by atoms with van der Waals surface area (Å²) in [6.45, 7) is 1.04. The maximum Gasteiger partial charge on any atom is 0.417 e. The monoisotopic (exact) mass is 458 g/mol. The molecule has 10 heteroatoms. The van der Waals surface area contributed by atoms with Crippen molar-refractivity contribution in [3.8, 4) is 11.5 Å². The van der Waals surface area contributed by atoms with E-state index in [0.717, 1.165) is 25.0 Å². The lowest BCUT2D eigenvalue weighted by molar-refractivity contribution is -0.137. The van der Waals surface area contributed by atoms with Gasteiger partial charge in [0.25, 0.3) is 0 Å². The summed E-state index contributed by atoms with van der Waals surface area (Å²) in [7, 11) is 0. The molecule has 170 valence electrons. The van der Waals surface area contributed by atoms with Crippen molar-refractivity contribution in [1.29, 1.82) is 0 Å². The van der Waals surface area contributed by atoms with Crippen molar-refractivity contribution in [2.24, 2.45) is 0 Å². The van der Waals surface area contributed by atoms with Gasteiger partial charge in [-0.3, -0.25) is 9.78 Å². The summed E-state index contributed by atoms with van der Waals surface area (Å²) in [6, 6.07) is 5.99. The number of pyridine rings is 1. The van der Waals surface area contributed by atoms with Crippen LogP contribution in [-0.2, 0) is 10.9 Å². The second kappa shape index (κ2) is 8.11. The molecule has 33 heavy (non-hydrogen) atoms. The summed E-state index contributed by atoms with van der Waals surface area (Å²) in [6.07, 6.45) is -0.263. The molecule has 0 bridgehead atoms. The summed E-state index contributed by atoms with van der Waals surface area (Å²) in [4.78, 5) is 27.1. The Bertz CT molecular complexity index is 1340. The van der Waals surface area contributed by atoms with Crippen molar-refractivity contribution >= 4 is 16.8 Å². The molecule has 1 fully saturated rings. The Labute approximate surface area is 185 Å². The van der Waals surface area contributed by atoms with Gasteiger partial charge in [0.2, 0.25) is 0 Å². The van der Waals surface area contributed by atoms with Gasteiger partial charge in [-0.1, -0.05) is 18.2 Å². The fourth-order valence-electron chi connectivity index (χ4n) is 4.07. The maximum atomic E-state index is 15.1. The number of benzene rings is 1. The SMILES string of the molecule is O=C(c1c[nH]c(-c2nc3c(F)c(C4CCCOC4)ncc3[nH]2)c1)c1ccccc1C(F)(F)F. The van der Waals surface area contributed by atoms with Gasteiger partial charge in [0.05, 0.1) is 35.3 Å². The number of carbonyl (C=O) groups excluding carboxylic acids is 1. The first-order chi connectivity index (χ1) is 15.8. The lowest BCUT2D eigenvalue weighted by Gasteiger charge is -2.21. The highest BCUT2D eigenvalue weighted by Gasteiger charge is 2.35. The molecule has 0 saturated carbocycles. The molecule has 0 amide bonds. The largest absolute Gasteiger partial charge is 0.417 e. The van der Waals surface area contributed by atoms with Gasteiger partial charge in [0, 0.05) is 29.8 Å². The van der Waals surface area contributed by atoms with E-state index >= 15 is 4.39 Å². The molecule has 2 N–H and O–H groups in total. The van der Waals surface area contributed by atoms with E-state index in [9.17, 15) is 18.0 Å². The second-order valence-corrected chi connectivity index (χ2v) is 7.89. The molecule has 1 aliphatic rings.